The number of carbonyl (C=O) groups excluding carboxylic acids is 1. The molecular weight excluding hydrogens is 357 g/mol. The van der Waals surface area contributed by atoms with Gasteiger partial charge in [0.1, 0.15) is 12.1 Å². The molecule has 0 aliphatic rings. The van der Waals surface area contributed by atoms with Crippen LogP contribution in [0.1, 0.15) is 21.6 Å². The second-order valence-electron chi connectivity index (χ2n) is 5.65. The highest BCUT2D eigenvalue weighted by Crippen LogP contribution is 2.21. The van der Waals surface area contributed by atoms with E-state index in [0.717, 1.165) is 6.07 Å². The van der Waals surface area contributed by atoms with Crippen LogP contribution < -0.4 is 10.5 Å². The van der Waals surface area contributed by atoms with Crippen LogP contribution in [0.5, 0.6) is 5.75 Å². The number of fused-ring (bicyclic) bond motifs is 1. The molecule has 0 atom stereocenters. The van der Waals surface area contributed by atoms with E-state index in [1.165, 1.54) is 35.1 Å². The molecule has 0 bridgehead atoms. The minimum atomic E-state index is -1.04. The number of esters is 1. The number of halogens is 1. The number of pyridine rings is 1. The zero-order valence-corrected chi connectivity index (χ0v) is 13.8. The predicted molar refractivity (Wildman–Crippen MR) is 91.3 cm³/mol. The van der Waals surface area contributed by atoms with Crippen molar-refractivity contribution >= 4 is 23.4 Å². The molecule has 0 saturated heterocycles. The van der Waals surface area contributed by atoms with E-state index in [9.17, 15) is 14.0 Å². The molecule has 0 spiro atoms. The molecule has 10 heteroatoms. The number of nitrogens with zero attached hydrogens (tertiary/aromatic N) is 3. The summed E-state index contributed by atoms with van der Waals surface area (Å²) in [6, 6.07) is 6.58. The lowest BCUT2D eigenvalue weighted by molar-refractivity contribution is -0.136. The van der Waals surface area contributed by atoms with Crippen molar-refractivity contribution in [3.05, 3.63) is 59.3 Å². The number of nitrogens with two attached hydrogens (primary N) is 1. The van der Waals surface area contributed by atoms with Crippen molar-refractivity contribution in [1.82, 2.24) is 14.6 Å². The van der Waals surface area contributed by atoms with Crippen LogP contribution in [0.25, 0.3) is 5.65 Å². The summed E-state index contributed by atoms with van der Waals surface area (Å²) in [5, 5.41) is 20.1. The highest BCUT2D eigenvalue weighted by Gasteiger charge is 2.17. The van der Waals surface area contributed by atoms with Gasteiger partial charge in [0.05, 0.1) is 23.5 Å². The number of ether oxygens (including phenoxy) is 1. The molecule has 2 aromatic heterocycles. The van der Waals surface area contributed by atoms with Crippen LogP contribution in [0.15, 0.2) is 36.7 Å². The minimum Gasteiger partial charge on any atom is -0.481 e. The summed E-state index contributed by atoms with van der Waals surface area (Å²) in [4.78, 5) is 27.2. The first kappa shape index (κ1) is 18.0. The van der Waals surface area contributed by atoms with Crippen LogP contribution >= 0.6 is 0 Å². The van der Waals surface area contributed by atoms with Crippen LogP contribution in [0.2, 0.25) is 0 Å². The molecule has 0 unspecified atom stereocenters. The van der Waals surface area contributed by atoms with Crippen LogP contribution in [0.4, 0.5) is 4.39 Å². The van der Waals surface area contributed by atoms with Gasteiger partial charge in [-0.1, -0.05) is 6.07 Å². The number of nitrogens with one attached hydrogen (secondary N) is 1. The molecule has 0 aliphatic heterocycles. The number of carboxylic acid groups (broad SMARTS) is 1. The fraction of sp³-hybridized carbons (Fsp3) is 0.118. The third kappa shape index (κ3) is 3.89. The second-order valence-corrected chi connectivity index (χ2v) is 5.65. The Morgan fingerprint density at radius 1 is 1.26 bits per heavy atom. The van der Waals surface area contributed by atoms with Crippen LogP contribution in [0, 0.1) is 11.2 Å². The molecule has 9 nitrogen and oxygen atoms in total. The Morgan fingerprint density at radius 3 is 2.70 bits per heavy atom. The normalized spacial score (nSPS) is 10.7. The zero-order valence-electron chi connectivity index (χ0n) is 13.8. The van der Waals surface area contributed by atoms with Gasteiger partial charge < -0.3 is 15.6 Å². The average Bonchev–Trinajstić information content (AvgIpc) is 3.08. The van der Waals surface area contributed by atoms with E-state index in [1.807, 2.05) is 0 Å². The van der Waals surface area contributed by atoms with Crippen LogP contribution in [0.3, 0.4) is 0 Å². The van der Waals surface area contributed by atoms with Crippen molar-refractivity contribution in [2.45, 2.75) is 12.8 Å². The second kappa shape index (κ2) is 7.20. The number of carbonyl (C=O) groups is 2. The smallest absolute Gasteiger partial charge is 0.343 e. The Balaban J connectivity index is 1.86. The summed E-state index contributed by atoms with van der Waals surface area (Å²) in [6.45, 7) is 0. The summed E-state index contributed by atoms with van der Waals surface area (Å²) in [5.41, 5.74) is 5.93. The summed E-state index contributed by atoms with van der Waals surface area (Å²) in [5.74, 6) is -2.68. The topological polar surface area (TPSA) is 144 Å². The van der Waals surface area contributed by atoms with Gasteiger partial charge in [-0.05, 0) is 29.8 Å². The average molecular weight is 371 g/mol. The summed E-state index contributed by atoms with van der Waals surface area (Å²) in [6.07, 6.45) is 0.859. The van der Waals surface area contributed by atoms with Crippen molar-refractivity contribution in [2.75, 3.05) is 0 Å². The molecular formula is C17H14FN5O4. The van der Waals surface area contributed by atoms with E-state index in [1.54, 1.807) is 0 Å². The largest absolute Gasteiger partial charge is 0.481 e. The maximum absolute atomic E-state index is 14.0. The Kier molecular flexibility index (Phi) is 4.79. The third-order valence-corrected chi connectivity index (χ3v) is 3.67. The number of aromatic nitrogens is 3. The van der Waals surface area contributed by atoms with E-state index < -0.39 is 17.8 Å². The van der Waals surface area contributed by atoms with E-state index in [4.69, 9.17) is 21.0 Å². The number of carboxylic acids is 1. The lowest BCUT2D eigenvalue weighted by Gasteiger charge is -2.09. The number of aliphatic carboxylic acids is 1. The number of hydrogen-bond donors (Lipinski definition) is 3. The quantitative estimate of drug-likeness (QED) is 0.335. The van der Waals surface area contributed by atoms with Gasteiger partial charge in [-0.3, -0.25) is 10.2 Å². The van der Waals surface area contributed by atoms with Gasteiger partial charge in [-0.2, -0.15) is 5.10 Å². The molecule has 0 saturated carbocycles. The number of hydrogen-bond acceptors (Lipinski definition) is 6. The van der Waals surface area contributed by atoms with E-state index in [-0.39, 0.29) is 41.2 Å². The van der Waals surface area contributed by atoms with E-state index in [0.29, 0.717) is 5.69 Å². The summed E-state index contributed by atoms with van der Waals surface area (Å²) in [7, 11) is 0. The molecule has 4 N–H and O–H groups in total. The van der Waals surface area contributed by atoms with Gasteiger partial charge in [0.15, 0.2) is 11.4 Å². The van der Waals surface area contributed by atoms with Crippen LogP contribution in [-0.4, -0.2) is 37.5 Å². The maximum atomic E-state index is 14.0. The monoisotopic (exact) mass is 371 g/mol. The number of amidine groups is 1. The van der Waals surface area contributed by atoms with E-state index >= 15 is 0 Å². The molecule has 1 aromatic carbocycles. The molecule has 0 amide bonds. The predicted octanol–water partition coefficient (Wildman–Crippen LogP) is 1.19. The fourth-order valence-electron chi connectivity index (χ4n) is 2.49. The molecule has 0 aliphatic carbocycles. The zero-order chi connectivity index (χ0) is 19.6. The first-order valence-electron chi connectivity index (χ1n) is 7.72. The first-order valence-corrected chi connectivity index (χ1v) is 7.72. The molecule has 138 valence electrons. The summed E-state index contributed by atoms with van der Waals surface area (Å²) >= 11 is 0. The van der Waals surface area contributed by atoms with Gasteiger partial charge in [0, 0.05) is 6.42 Å². The summed E-state index contributed by atoms with van der Waals surface area (Å²) < 4.78 is 20.6. The van der Waals surface area contributed by atoms with Gasteiger partial charge in [0.2, 0.25) is 0 Å². The molecule has 2 heterocycles. The third-order valence-electron chi connectivity index (χ3n) is 3.67. The number of benzene rings is 1. The van der Waals surface area contributed by atoms with Crippen LogP contribution in [-0.2, 0) is 17.6 Å². The SMILES string of the molecule is N=C(N)Cc1ccc(C(=O)Oc2ccc(CC(=O)O)n3ncnc23)cc1F. The van der Waals surface area contributed by atoms with Gasteiger partial charge in [0.25, 0.3) is 0 Å². The Hall–Kier alpha value is -3.82. The molecule has 0 fully saturated rings. The van der Waals surface area contributed by atoms with Gasteiger partial charge in [-0.15, -0.1) is 0 Å². The van der Waals surface area contributed by atoms with Crippen molar-refractivity contribution in [2.24, 2.45) is 5.73 Å². The fourth-order valence-corrected chi connectivity index (χ4v) is 2.49. The lowest BCUT2D eigenvalue weighted by Crippen LogP contribution is -2.15. The van der Waals surface area contributed by atoms with E-state index in [2.05, 4.69) is 10.1 Å². The molecule has 0 radical (unpaired) electrons. The van der Waals surface area contributed by atoms with Gasteiger partial charge in [-0.25, -0.2) is 18.7 Å². The molecule has 3 rings (SSSR count). The Bertz CT molecular complexity index is 1060. The maximum Gasteiger partial charge on any atom is 0.343 e. The minimum absolute atomic E-state index is 0.0351. The number of rotatable bonds is 6. The molecule has 27 heavy (non-hydrogen) atoms. The first-order chi connectivity index (χ1) is 12.8. The highest BCUT2D eigenvalue weighted by atomic mass is 19.1. The molecule has 3 aromatic rings. The van der Waals surface area contributed by atoms with Gasteiger partial charge >= 0.3 is 11.9 Å². The Labute approximate surface area is 151 Å². The highest BCUT2D eigenvalue weighted by molar-refractivity contribution is 5.92. The van der Waals surface area contributed by atoms with Crippen molar-refractivity contribution < 1.29 is 23.8 Å². The standard InChI is InChI=1S/C17H14FN5O4/c18-12-5-10(2-1-9(12)6-14(19)20)17(26)27-13-4-3-11(7-15(24)25)23-16(13)21-8-22-23/h1-5,8H,6-7H2,(H3,19,20)(H,24,25). The lowest BCUT2D eigenvalue weighted by atomic mass is 10.1. The van der Waals surface area contributed by atoms with Crippen molar-refractivity contribution in [3.63, 3.8) is 0 Å². The van der Waals surface area contributed by atoms with Crippen molar-refractivity contribution in [1.29, 1.82) is 5.41 Å². The Morgan fingerprint density at radius 2 is 2.04 bits per heavy atom. The van der Waals surface area contributed by atoms with Crippen molar-refractivity contribution in [3.8, 4) is 5.75 Å².